The van der Waals surface area contributed by atoms with Gasteiger partial charge in [-0.15, -0.1) is 6.54 Å². The largest absolute Gasteiger partial charge is 0.674 e. The number of benzene rings is 1. The Kier molecular flexibility index (Phi) is 2.79. The van der Waals surface area contributed by atoms with E-state index in [1.54, 1.807) is 18.4 Å². The molecular weight excluding hydrogens is 158 g/mol. The molecule has 1 N–H and O–H groups in total. The summed E-state index contributed by atoms with van der Waals surface area (Å²) in [4.78, 5) is 0.821. The third kappa shape index (κ3) is 2.13. The second-order valence-electron chi connectivity index (χ2n) is 2.27. The Balaban J connectivity index is 2.91. The lowest BCUT2D eigenvalue weighted by atomic mass is 10.2. The summed E-state index contributed by atoms with van der Waals surface area (Å²) in [6.45, 7) is 0.288. The molecule has 1 aromatic carbocycles. The topological polar surface area (TPSA) is 40.9 Å². The molecule has 1 unspecified atom stereocenters. The molecular formula is C8H10NOS-. The van der Waals surface area contributed by atoms with Crippen molar-refractivity contribution in [2.45, 2.75) is 11.4 Å². The van der Waals surface area contributed by atoms with Gasteiger partial charge in [-0.2, -0.15) is 0 Å². The summed E-state index contributed by atoms with van der Waals surface area (Å²) in [7, 11) is -0.900. The van der Waals surface area contributed by atoms with Gasteiger partial charge in [-0.05, 0) is 12.1 Å². The van der Waals surface area contributed by atoms with Gasteiger partial charge in [0.1, 0.15) is 0 Å². The Hall–Kier alpha value is -0.670. The smallest absolute Gasteiger partial charge is 0.0498 e. The van der Waals surface area contributed by atoms with Crippen LogP contribution in [0.5, 0.6) is 0 Å². The summed E-state index contributed by atoms with van der Waals surface area (Å²) in [5.41, 5.74) is 8.00. The fraction of sp³-hybridized carbons (Fsp3) is 0.250. The Morgan fingerprint density at radius 1 is 1.36 bits per heavy atom. The molecule has 0 saturated carbocycles. The molecule has 0 amide bonds. The fourth-order valence-electron chi connectivity index (χ4n) is 0.799. The van der Waals surface area contributed by atoms with Crippen LogP contribution in [0, 0.1) is 0 Å². The molecule has 1 aromatic rings. The Labute approximate surface area is 68.9 Å². The van der Waals surface area contributed by atoms with E-state index < -0.39 is 10.8 Å². The van der Waals surface area contributed by atoms with Gasteiger partial charge in [0.25, 0.3) is 0 Å². The van der Waals surface area contributed by atoms with Crippen LogP contribution in [0.3, 0.4) is 0 Å². The van der Waals surface area contributed by atoms with E-state index in [-0.39, 0.29) is 6.54 Å². The lowest BCUT2D eigenvalue weighted by molar-refractivity contribution is 0.687. The van der Waals surface area contributed by atoms with Gasteiger partial charge < -0.3 is 5.73 Å². The fourth-order valence-corrected chi connectivity index (χ4v) is 1.32. The third-order valence-corrected chi connectivity index (χ3v) is 2.40. The highest BCUT2D eigenvalue weighted by Gasteiger charge is 1.93. The van der Waals surface area contributed by atoms with Crippen LogP contribution >= 0.6 is 0 Å². The summed E-state index contributed by atoms with van der Waals surface area (Å²) >= 11 is 0. The van der Waals surface area contributed by atoms with Crippen LogP contribution in [-0.4, -0.2) is 10.5 Å². The molecule has 0 aliphatic carbocycles. The second kappa shape index (κ2) is 3.64. The predicted molar refractivity (Wildman–Crippen MR) is 46.8 cm³/mol. The third-order valence-electron chi connectivity index (χ3n) is 1.46. The molecule has 0 spiro atoms. The first-order chi connectivity index (χ1) is 5.24. The van der Waals surface area contributed by atoms with Crippen LogP contribution in [0.15, 0.2) is 29.2 Å². The summed E-state index contributed by atoms with van der Waals surface area (Å²) in [6, 6.07) is 7.29. The molecule has 2 nitrogen and oxygen atoms in total. The van der Waals surface area contributed by atoms with E-state index in [1.807, 2.05) is 12.1 Å². The zero-order valence-electron chi connectivity index (χ0n) is 6.33. The van der Waals surface area contributed by atoms with Crippen LogP contribution in [-0.2, 0) is 17.3 Å². The lowest BCUT2D eigenvalue weighted by Crippen LogP contribution is -1.87. The van der Waals surface area contributed by atoms with Crippen molar-refractivity contribution in [2.24, 2.45) is 0 Å². The minimum Gasteiger partial charge on any atom is -0.674 e. The molecule has 60 valence electrons. The van der Waals surface area contributed by atoms with Crippen LogP contribution < -0.4 is 0 Å². The number of rotatable bonds is 2. The van der Waals surface area contributed by atoms with E-state index in [4.69, 9.17) is 5.73 Å². The minimum absolute atomic E-state index is 0.288. The zero-order chi connectivity index (χ0) is 8.27. The van der Waals surface area contributed by atoms with Crippen molar-refractivity contribution in [1.82, 2.24) is 0 Å². The van der Waals surface area contributed by atoms with Crippen molar-refractivity contribution >= 4 is 10.8 Å². The quantitative estimate of drug-likeness (QED) is 0.665. The number of hydrogen-bond donors (Lipinski definition) is 0. The highest BCUT2D eigenvalue weighted by molar-refractivity contribution is 7.84. The van der Waals surface area contributed by atoms with Gasteiger partial charge in [0.05, 0.1) is 0 Å². The minimum atomic E-state index is -0.900. The molecule has 0 aliphatic rings. The molecule has 1 rings (SSSR count). The van der Waals surface area contributed by atoms with E-state index >= 15 is 0 Å². The van der Waals surface area contributed by atoms with Crippen molar-refractivity contribution in [3.05, 3.63) is 35.6 Å². The van der Waals surface area contributed by atoms with Crippen LogP contribution in [0.4, 0.5) is 0 Å². The van der Waals surface area contributed by atoms with Gasteiger partial charge in [0.2, 0.25) is 0 Å². The van der Waals surface area contributed by atoms with Crippen LogP contribution in [0.25, 0.3) is 5.73 Å². The number of hydrogen-bond acceptors (Lipinski definition) is 1. The van der Waals surface area contributed by atoms with Gasteiger partial charge in [0.15, 0.2) is 0 Å². The highest BCUT2D eigenvalue weighted by Crippen LogP contribution is 2.07. The molecule has 0 heterocycles. The van der Waals surface area contributed by atoms with Gasteiger partial charge in [-0.25, -0.2) is 0 Å². The molecule has 0 radical (unpaired) electrons. The number of nitrogens with one attached hydrogen (secondary N) is 1. The van der Waals surface area contributed by atoms with Crippen molar-refractivity contribution < 1.29 is 4.21 Å². The van der Waals surface area contributed by atoms with Crippen LogP contribution in [0.1, 0.15) is 5.56 Å². The molecule has 0 bridgehead atoms. The SMILES string of the molecule is CS(=O)c1ccc(C[NH-])cc1. The maximum absolute atomic E-state index is 10.9. The molecule has 3 heteroatoms. The standard InChI is InChI=1S/C8H10NOS/c1-11(10)8-4-2-7(6-9)3-5-8/h2-5,9H,6H2,1H3/q-1. The lowest BCUT2D eigenvalue weighted by Gasteiger charge is -2.02. The first kappa shape index (κ1) is 8.43. The normalized spacial score (nSPS) is 12.9. The Bertz CT molecular complexity index is 255. The summed E-state index contributed by atoms with van der Waals surface area (Å²) in [6.07, 6.45) is 1.65. The summed E-state index contributed by atoms with van der Waals surface area (Å²) in [5.74, 6) is 0. The van der Waals surface area contributed by atoms with Crippen LogP contribution in [0.2, 0.25) is 0 Å². The van der Waals surface area contributed by atoms with E-state index in [0.29, 0.717) is 0 Å². The van der Waals surface area contributed by atoms with Gasteiger partial charge >= 0.3 is 0 Å². The van der Waals surface area contributed by atoms with E-state index in [1.165, 1.54) is 0 Å². The molecule has 1 atom stereocenters. The second-order valence-corrected chi connectivity index (χ2v) is 3.65. The van der Waals surface area contributed by atoms with Crippen molar-refractivity contribution in [3.63, 3.8) is 0 Å². The maximum atomic E-state index is 10.9. The Morgan fingerprint density at radius 3 is 2.27 bits per heavy atom. The zero-order valence-corrected chi connectivity index (χ0v) is 7.15. The summed E-state index contributed by atoms with van der Waals surface area (Å²) in [5, 5.41) is 0. The first-order valence-electron chi connectivity index (χ1n) is 3.31. The monoisotopic (exact) mass is 168 g/mol. The Morgan fingerprint density at radius 2 is 1.91 bits per heavy atom. The summed E-state index contributed by atoms with van der Waals surface area (Å²) < 4.78 is 10.9. The molecule has 0 fully saturated rings. The molecule has 0 aromatic heterocycles. The maximum Gasteiger partial charge on any atom is 0.0498 e. The van der Waals surface area contributed by atoms with E-state index in [9.17, 15) is 4.21 Å². The highest BCUT2D eigenvalue weighted by atomic mass is 32.2. The first-order valence-corrected chi connectivity index (χ1v) is 4.87. The van der Waals surface area contributed by atoms with E-state index in [0.717, 1.165) is 10.5 Å². The van der Waals surface area contributed by atoms with Crippen molar-refractivity contribution in [2.75, 3.05) is 6.26 Å². The molecule has 0 saturated heterocycles. The van der Waals surface area contributed by atoms with Crippen molar-refractivity contribution in [1.29, 1.82) is 0 Å². The van der Waals surface area contributed by atoms with Gasteiger partial charge in [0, 0.05) is 22.0 Å². The predicted octanol–water partition coefficient (Wildman–Crippen LogP) is 1.98. The average Bonchev–Trinajstić information content (AvgIpc) is 2.05. The molecule has 0 aliphatic heterocycles. The van der Waals surface area contributed by atoms with Gasteiger partial charge in [-0.1, -0.05) is 17.7 Å². The van der Waals surface area contributed by atoms with Crippen molar-refractivity contribution in [3.8, 4) is 0 Å². The van der Waals surface area contributed by atoms with E-state index in [2.05, 4.69) is 0 Å². The molecule has 11 heavy (non-hydrogen) atoms. The van der Waals surface area contributed by atoms with Gasteiger partial charge in [-0.3, -0.25) is 4.21 Å². The average molecular weight is 168 g/mol.